The number of rotatable bonds is 0. The fourth-order valence-corrected chi connectivity index (χ4v) is 0.789. The smallest absolute Gasteiger partial charge is 0.330 e. The van der Waals surface area contributed by atoms with E-state index in [0.29, 0.717) is 5.70 Å². The molecular formula is C7H10N2O2. The molecule has 0 atom stereocenters. The van der Waals surface area contributed by atoms with Gasteiger partial charge in [-0.15, -0.1) is 0 Å². The number of hydrogen-bond donors (Lipinski definition) is 1. The van der Waals surface area contributed by atoms with Crippen molar-refractivity contribution in [1.82, 2.24) is 9.80 Å². The zero-order chi connectivity index (χ0) is 8.59. The Labute approximate surface area is 65.0 Å². The molecule has 60 valence electrons. The molecule has 0 unspecified atom stereocenters. The Hall–Kier alpha value is -1.45. The molecule has 1 aliphatic rings. The zero-order valence-corrected chi connectivity index (χ0v) is 6.53. The Bertz CT molecular complexity index is 245. The maximum absolute atomic E-state index is 11.1. The van der Waals surface area contributed by atoms with E-state index in [9.17, 15) is 4.79 Å². The third kappa shape index (κ3) is 1.07. The Morgan fingerprint density at radius 1 is 1.45 bits per heavy atom. The first-order valence-electron chi connectivity index (χ1n) is 3.15. The molecule has 4 heteroatoms. The highest BCUT2D eigenvalue weighted by atomic mass is 16.3. The number of urea groups is 1. The maximum atomic E-state index is 11.1. The number of aliphatic hydroxyl groups is 1. The lowest BCUT2D eigenvalue weighted by molar-refractivity contribution is 0.163. The van der Waals surface area contributed by atoms with E-state index in [1.54, 1.807) is 7.05 Å². The summed E-state index contributed by atoms with van der Waals surface area (Å²) in [6, 6.07) is -0.282. The van der Waals surface area contributed by atoms with Gasteiger partial charge in [-0.05, 0) is 0 Å². The van der Waals surface area contributed by atoms with Gasteiger partial charge < -0.3 is 5.11 Å². The van der Waals surface area contributed by atoms with Gasteiger partial charge in [0.1, 0.15) is 0 Å². The van der Waals surface area contributed by atoms with Crippen LogP contribution in [0.4, 0.5) is 4.79 Å². The predicted octanol–water partition coefficient (Wildman–Crippen LogP) is 0.897. The van der Waals surface area contributed by atoms with Crippen LogP contribution in [0.3, 0.4) is 0 Å². The van der Waals surface area contributed by atoms with Crippen LogP contribution in [0, 0.1) is 0 Å². The van der Waals surface area contributed by atoms with Crippen molar-refractivity contribution in [3.05, 3.63) is 24.2 Å². The van der Waals surface area contributed by atoms with Crippen LogP contribution in [0.15, 0.2) is 24.2 Å². The van der Waals surface area contributed by atoms with Crippen LogP contribution in [-0.2, 0) is 0 Å². The highest BCUT2D eigenvalue weighted by Gasteiger charge is 2.23. The van der Waals surface area contributed by atoms with Crippen LogP contribution in [0.2, 0.25) is 0 Å². The van der Waals surface area contributed by atoms with Gasteiger partial charge in [0.2, 0.25) is 0 Å². The van der Waals surface area contributed by atoms with Gasteiger partial charge in [0.25, 0.3) is 0 Å². The van der Waals surface area contributed by atoms with Crippen molar-refractivity contribution >= 4 is 6.03 Å². The quantitative estimate of drug-likeness (QED) is 0.563. The van der Waals surface area contributed by atoms with Crippen molar-refractivity contribution in [3.8, 4) is 0 Å². The van der Waals surface area contributed by atoms with Crippen molar-refractivity contribution < 1.29 is 9.90 Å². The summed E-state index contributed by atoms with van der Waals surface area (Å²) in [5.41, 5.74) is 0.491. The molecule has 0 saturated heterocycles. The molecule has 1 rings (SSSR count). The molecule has 0 aromatic heterocycles. The van der Waals surface area contributed by atoms with Crippen LogP contribution in [-0.4, -0.2) is 35.0 Å². The topological polar surface area (TPSA) is 43.8 Å². The van der Waals surface area contributed by atoms with E-state index in [0.717, 1.165) is 4.90 Å². The fraction of sp³-hybridized carbons (Fsp3) is 0.286. The minimum absolute atomic E-state index is 0.0712. The summed E-state index contributed by atoms with van der Waals surface area (Å²) in [6.45, 7) is 3.57. The van der Waals surface area contributed by atoms with Crippen molar-refractivity contribution in [3.63, 3.8) is 0 Å². The lowest BCUT2D eigenvalue weighted by atomic mass is 10.3. The number of carbonyl (C=O) groups is 1. The Kier molecular flexibility index (Phi) is 1.60. The molecule has 1 N–H and O–H groups in total. The average molecular weight is 154 g/mol. The molecule has 1 aliphatic heterocycles. The number of amides is 2. The molecule has 11 heavy (non-hydrogen) atoms. The second-order valence-corrected chi connectivity index (χ2v) is 2.39. The second kappa shape index (κ2) is 2.30. The fourth-order valence-electron chi connectivity index (χ4n) is 0.789. The molecule has 0 radical (unpaired) electrons. The van der Waals surface area contributed by atoms with Crippen molar-refractivity contribution in [2.45, 2.75) is 0 Å². The summed E-state index contributed by atoms with van der Waals surface area (Å²) < 4.78 is 0. The van der Waals surface area contributed by atoms with Crippen LogP contribution in [0.1, 0.15) is 0 Å². The SMILES string of the molecule is C=C1C=C(O)N(C)C(=O)N1C. The molecular weight excluding hydrogens is 144 g/mol. The van der Waals surface area contributed by atoms with E-state index in [-0.39, 0.29) is 11.9 Å². The highest BCUT2D eigenvalue weighted by Crippen LogP contribution is 2.15. The number of allylic oxidation sites excluding steroid dienone is 1. The summed E-state index contributed by atoms with van der Waals surface area (Å²) in [7, 11) is 3.10. The highest BCUT2D eigenvalue weighted by molar-refractivity contribution is 5.79. The number of likely N-dealkylation sites (N-methyl/N-ethyl adjacent to an activating group) is 1. The summed E-state index contributed by atoms with van der Waals surface area (Å²) in [5.74, 6) is -0.0712. The summed E-state index contributed by atoms with van der Waals surface area (Å²) in [6.07, 6.45) is 1.43. The molecule has 4 nitrogen and oxygen atoms in total. The zero-order valence-electron chi connectivity index (χ0n) is 6.53. The van der Waals surface area contributed by atoms with Crippen molar-refractivity contribution in [2.75, 3.05) is 14.1 Å². The predicted molar refractivity (Wildman–Crippen MR) is 40.8 cm³/mol. The summed E-state index contributed by atoms with van der Waals surface area (Å²) in [5, 5.41) is 9.12. The lowest BCUT2D eigenvalue weighted by Crippen LogP contribution is -2.40. The second-order valence-electron chi connectivity index (χ2n) is 2.39. The number of nitrogens with zero attached hydrogens (tertiary/aromatic N) is 2. The lowest BCUT2D eigenvalue weighted by Gasteiger charge is -2.28. The number of carbonyl (C=O) groups excluding carboxylic acids is 1. The molecule has 0 aromatic rings. The molecule has 0 saturated carbocycles. The van der Waals surface area contributed by atoms with Crippen LogP contribution < -0.4 is 0 Å². The first kappa shape index (κ1) is 7.65. The van der Waals surface area contributed by atoms with Gasteiger partial charge in [-0.25, -0.2) is 4.79 Å². The summed E-state index contributed by atoms with van der Waals surface area (Å²) >= 11 is 0. The van der Waals surface area contributed by atoms with Crippen LogP contribution in [0.25, 0.3) is 0 Å². The van der Waals surface area contributed by atoms with E-state index < -0.39 is 0 Å². The third-order valence-corrected chi connectivity index (χ3v) is 1.64. The molecule has 0 fully saturated rings. The van der Waals surface area contributed by atoms with E-state index in [1.807, 2.05) is 0 Å². The van der Waals surface area contributed by atoms with E-state index in [1.165, 1.54) is 18.0 Å². The standard InChI is InChI=1S/C7H10N2O2/c1-5-4-6(10)9(3)7(11)8(5)2/h4,10H,1H2,2-3H3. The molecule has 2 amide bonds. The average Bonchev–Trinajstić information content (AvgIpc) is 1.97. The van der Waals surface area contributed by atoms with Crippen LogP contribution >= 0.6 is 0 Å². The largest absolute Gasteiger partial charge is 0.494 e. The molecule has 1 heterocycles. The normalized spacial score (nSPS) is 18.9. The third-order valence-electron chi connectivity index (χ3n) is 1.64. The Morgan fingerprint density at radius 3 is 2.55 bits per heavy atom. The van der Waals surface area contributed by atoms with Gasteiger partial charge in [0, 0.05) is 25.9 Å². The van der Waals surface area contributed by atoms with Gasteiger partial charge in [0.15, 0.2) is 5.88 Å². The van der Waals surface area contributed by atoms with Gasteiger partial charge in [0.05, 0.1) is 0 Å². The minimum atomic E-state index is -0.282. The van der Waals surface area contributed by atoms with E-state index in [2.05, 4.69) is 6.58 Å². The maximum Gasteiger partial charge on any atom is 0.330 e. The number of aliphatic hydroxyl groups excluding tert-OH is 1. The van der Waals surface area contributed by atoms with E-state index >= 15 is 0 Å². The van der Waals surface area contributed by atoms with Crippen LogP contribution in [0.5, 0.6) is 0 Å². The molecule has 0 aliphatic carbocycles. The first-order chi connectivity index (χ1) is 5.04. The Balaban J connectivity index is 3.01. The van der Waals surface area contributed by atoms with Crippen molar-refractivity contribution in [1.29, 1.82) is 0 Å². The monoisotopic (exact) mass is 154 g/mol. The molecule has 0 bridgehead atoms. The van der Waals surface area contributed by atoms with E-state index in [4.69, 9.17) is 5.11 Å². The first-order valence-corrected chi connectivity index (χ1v) is 3.15. The molecule has 0 aromatic carbocycles. The minimum Gasteiger partial charge on any atom is -0.494 e. The van der Waals surface area contributed by atoms with Gasteiger partial charge in [-0.1, -0.05) is 6.58 Å². The molecule has 0 spiro atoms. The van der Waals surface area contributed by atoms with Crippen molar-refractivity contribution in [2.24, 2.45) is 0 Å². The number of hydrogen-bond acceptors (Lipinski definition) is 2. The summed E-state index contributed by atoms with van der Waals surface area (Å²) in [4.78, 5) is 13.6. The van der Waals surface area contributed by atoms with Gasteiger partial charge in [-0.3, -0.25) is 9.80 Å². The van der Waals surface area contributed by atoms with Gasteiger partial charge in [-0.2, -0.15) is 0 Å². The van der Waals surface area contributed by atoms with Gasteiger partial charge >= 0.3 is 6.03 Å². The Morgan fingerprint density at radius 2 is 2.00 bits per heavy atom.